The molecule has 10 heteroatoms. The maximum Gasteiger partial charge on any atom is 0.242 e. The minimum Gasteiger partial charge on any atom is -0.486 e. The topological polar surface area (TPSA) is 105 Å². The molecular weight excluding hydrogens is 482 g/mol. The van der Waals surface area contributed by atoms with Gasteiger partial charge < -0.3 is 19.7 Å². The summed E-state index contributed by atoms with van der Waals surface area (Å²) in [6, 6.07) is 12.1. The smallest absolute Gasteiger partial charge is 0.242 e. The molecule has 0 fully saturated rings. The number of nitrogens with zero attached hydrogens (tertiary/aromatic N) is 2. The zero-order valence-electron chi connectivity index (χ0n) is 21.3. The van der Waals surface area contributed by atoms with Gasteiger partial charge in [-0.1, -0.05) is 29.8 Å². The van der Waals surface area contributed by atoms with Crippen molar-refractivity contribution in [3.05, 3.63) is 53.6 Å². The molecule has 36 heavy (non-hydrogen) atoms. The summed E-state index contributed by atoms with van der Waals surface area (Å²) in [6.07, 6.45) is 1.51. The summed E-state index contributed by atoms with van der Waals surface area (Å²) in [7, 11) is -3.60. The second-order valence-electron chi connectivity index (χ2n) is 8.84. The van der Waals surface area contributed by atoms with Crippen molar-refractivity contribution in [2.75, 3.05) is 36.9 Å². The summed E-state index contributed by atoms with van der Waals surface area (Å²) < 4.78 is 37.5. The molecule has 1 N–H and O–H groups in total. The Balaban J connectivity index is 1.72. The number of carbonyl (C=O) groups excluding carboxylic acids is 2. The Morgan fingerprint density at radius 1 is 1.06 bits per heavy atom. The third-order valence-corrected chi connectivity index (χ3v) is 7.15. The lowest BCUT2D eigenvalue weighted by Gasteiger charge is -2.29. The highest BCUT2D eigenvalue weighted by molar-refractivity contribution is 7.92. The van der Waals surface area contributed by atoms with Crippen molar-refractivity contribution in [3.63, 3.8) is 0 Å². The number of anilines is 1. The minimum atomic E-state index is -3.60. The highest BCUT2D eigenvalue weighted by atomic mass is 32.2. The molecule has 196 valence electrons. The van der Waals surface area contributed by atoms with Gasteiger partial charge in [0.15, 0.2) is 11.5 Å². The molecule has 0 bridgehead atoms. The molecule has 0 aliphatic carbocycles. The van der Waals surface area contributed by atoms with Crippen LogP contribution in [0.25, 0.3) is 0 Å². The van der Waals surface area contributed by atoms with Crippen LogP contribution in [0, 0.1) is 6.92 Å². The summed E-state index contributed by atoms with van der Waals surface area (Å²) in [5.41, 5.74) is 2.47. The average molecular weight is 518 g/mol. The minimum absolute atomic E-state index is 0.0895. The first-order chi connectivity index (χ1) is 17.1. The Morgan fingerprint density at radius 3 is 2.36 bits per heavy atom. The lowest BCUT2D eigenvalue weighted by Crippen LogP contribution is -2.47. The van der Waals surface area contributed by atoms with Crippen LogP contribution in [0.1, 0.15) is 37.8 Å². The van der Waals surface area contributed by atoms with Gasteiger partial charge in [-0.05, 0) is 44.9 Å². The third kappa shape index (κ3) is 7.13. The Kier molecular flexibility index (Phi) is 9.19. The van der Waals surface area contributed by atoms with Crippen LogP contribution in [0.4, 0.5) is 5.69 Å². The first-order valence-corrected chi connectivity index (χ1v) is 13.9. The number of rotatable bonds is 11. The van der Waals surface area contributed by atoms with E-state index in [9.17, 15) is 18.0 Å². The Bertz CT molecular complexity index is 1170. The second-order valence-corrected chi connectivity index (χ2v) is 10.8. The van der Waals surface area contributed by atoms with Gasteiger partial charge in [0.2, 0.25) is 21.8 Å². The molecule has 1 aliphatic heterocycles. The fourth-order valence-corrected chi connectivity index (χ4v) is 4.94. The number of benzene rings is 2. The van der Waals surface area contributed by atoms with Crippen LogP contribution in [0.5, 0.6) is 11.5 Å². The Hall–Kier alpha value is -3.27. The average Bonchev–Trinajstić information content (AvgIpc) is 2.85. The first-order valence-electron chi connectivity index (χ1n) is 12.1. The van der Waals surface area contributed by atoms with Crippen molar-refractivity contribution in [3.8, 4) is 11.5 Å². The maximum atomic E-state index is 13.3. The molecule has 2 aromatic rings. The number of carbonyl (C=O) groups is 2. The van der Waals surface area contributed by atoms with E-state index in [1.807, 2.05) is 38.1 Å². The second kappa shape index (κ2) is 12.1. The number of ether oxygens (including phenoxy) is 2. The summed E-state index contributed by atoms with van der Waals surface area (Å²) in [4.78, 5) is 27.3. The summed E-state index contributed by atoms with van der Waals surface area (Å²) >= 11 is 0. The standard InChI is InChI=1S/C26H35N3O6S/c1-5-27-26(31)20(3)28(18-21-10-8-19(2)9-11-21)25(30)7-6-14-29(36(4,32)33)22-12-13-23-24(17-22)35-16-15-34-23/h8-13,17,20H,5-7,14-16,18H2,1-4H3,(H,27,31). The number of amides is 2. The Morgan fingerprint density at radius 2 is 1.72 bits per heavy atom. The van der Waals surface area contributed by atoms with E-state index in [-0.39, 0.29) is 37.7 Å². The first kappa shape index (κ1) is 27.3. The van der Waals surface area contributed by atoms with Crippen LogP contribution >= 0.6 is 0 Å². The maximum absolute atomic E-state index is 13.3. The number of nitrogens with one attached hydrogen (secondary N) is 1. The van der Waals surface area contributed by atoms with Crippen molar-refractivity contribution >= 4 is 27.5 Å². The molecule has 0 aromatic heterocycles. The largest absolute Gasteiger partial charge is 0.486 e. The van der Waals surface area contributed by atoms with Crippen LogP contribution in [-0.2, 0) is 26.2 Å². The van der Waals surface area contributed by atoms with Crippen molar-refractivity contribution in [2.24, 2.45) is 0 Å². The number of fused-ring (bicyclic) bond motifs is 1. The molecule has 1 aliphatic rings. The van der Waals surface area contributed by atoms with Crippen molar-refractivity contribution in [1.82, 2.24) is 10.2 Å². The monoisotopic (exact) mass is 517 g/mol. The predicted molar refractivity (Wildman–Crippen MR) is 139 cm³/mol. The summed E-state index contributed by atoms with van der Waals surface area (Å²) in [5.74, 6) is 0.611. The van der Waals surface area contributed by atoms with Crippen LogP contribution < -0.4 is 19.1 Å². The van der Waals surface area contributed by atoms with E-state index in [0.717, 1.165) is 17.4 Å². The van der Waals surface area contributed by atoms with Gasteiger partial charge in [-0.15, -0.1) is 0 Å². The highest BCUT2D eigenvalue weighted by Crippen LogP contribution is 2.34. The zero-order chi connectivity index (χ0) is 26.3. The van der Waals surface area contributed by atoms with Gasteiger partial charge >= 0.3 is 0 Å². The van der Waals surface area contributed by atoms with E-state index in [1.165, 1.54) is 4.31 Å². The normalized spacial score (nSPS) is 13.6. The van der Waals surface area contributed by atoms with Crippen molar-refractivity contribution < 1.29 is 27.5 Å². The SMILES string of the molecule is CCNC(=O)C(C)N(Cc1ccc(C)cc1)C(=O)CCCN(c1ccc2c(c1)OCCO2)S(C)(=O)=O. The van der Waals surface area contributed by atoms with Gasteiger partial charge in [-0.25, -0.2) is 8.42 Å². The van der Waals surface area contributed by atoms with E-state index < -0.39 is 16.1 Å². The van der Waals surface area contributed by atoms with Gasteiger partial charge in [0.25, 0.3) is 0 Å². The zero-order valence-corrected chi connectivity index (χ0v) is 22.1. The number of likely N-dealkylation sites (N-methyl/N-ethyl adjacent to an activating group) is 1. The van der Waals surface area contributed by atoms with Crippen LogP contribution in [0.2, 0.25) is 0 Å². The van der Waals surface area contributed by atoms with E-state index in [2.05, 4.69) is 5.32 Å². The molecule has 0 saturated heterocycles. The summed E-state index contributed by atoms with van der Waals surface area (Å²) in [6.45, 7) is 7.22. The lowest BCUT2D eigenvalue weighted by atomic mass is 10.1. The van der Waals surface area contributed by atoms with Crippen LogP contribution in [-0.4, -0.2) is 63.7 Å². The van der Waals surface area contributed by atoms with Gasteiger partial charge in [0.1, 0.15) is 19.3 Å². The molecular formula is C26H35N3O6S. The van der Waals surface area contributed by atoms with Gasteiger partial charge in [-0.2, -0.15) is 0 Å². The molecule has 0 spiro atoms. The molecule has 0 radical (unpaired) electrons. The van der Waals surface area contributed by atoms with E-state index in [0.29, 0.717) is 36.9 Å². The molecule has 3 rings (SSSR count). The number of hydrogen-bond donors (Lipinski definition) is 1. The number of hydrogen-bond acceptors (Lipinski definition) is 6. The number of sulfonamides is 1. The molecule has 2 aromatic carbocycles. The van der Waals surface area contributed by atoms with Crippen LogP contribution in [0.15, 0.2) is 42.5 Å². The number of aryl methyl sites for hydroxylation is 1. The fraction of sp³-hybridized carbons (Fsp3) is 0.462. The summed E-state index contributed by atoms with van der Waals surface area (Å²) in [5, 5.41) is 2.77. The predicted octanol–water partition coefficient (Wildman–Crippen LogP) is 2.87. The molecule has 0 saturated carbocycles. The van der Waals surface area contributed by atoms with Crippen molar-refractivity contribution in [2.45, 2.75) is 46.2 Å². The quantitative estimate of drug-likeness (QED) is 0.492. The van der Waals surface area contributed by atoms with E-state index in [1.54, 1.807) is 30.0 Å². The molecule has 2 amide bonds. The fourth-order valence-electron chi connectivity index (χ4n) is 3.99. The molecule has 1 unspecified atom stereocenters. The van der Waals surface area contributed by atoms with Gasteiger partial charge in [0.05, 0.1) is 11.9 Å². The molecule has 9 nitrogen and oxygen atoms in total. The molecule has 1 heterocycles. The van der Waals surface area contributed by atoms with E-state index in [4.69, 9.17) is 9.47 Å². The van der Waals surface area contributed by atoms with Gasteiger partial charge in [0, 0.05) is 32.1 Å². The highest BCUT2D eigenvalue weighted by Gasteiger charge is 2.26. The lowest BCUT2D eigenvalue weighted by molar-refractivity contribution is -0.140. The van der Waals surface area contributed by atoms with Crippen molar-refractivity contribution in [1.29, 1.82) is 0 Å². The van der Waals surface area contributed by atoms with Gasteiger partial charge in [-0.3, -0.25) is 13.9 Å². The molecule has 1 atom stereocenters. The third-order valence-electron chi connectivity index (χ3n) is 5.96. The van der Waals surface area contributed by atoms with E-state index >= 15 is 0 Å². The van der Waals surface area contributed by atoms with Crippen LogP contribution in [0.3, 0.4) is 0 Å². The Labute approximate surface area is 213 Å².